The van der Waals surface area contributed by atoms with Crippen molar-refractivity contribution in [2.45, 2.75) is 24.0 Å². The standard InChI is InChI=1S/C16H16F2N2O4S/c1-11-2-8-14(9-3-11)25(23,24)19-15(10-17)16(18)12-4-6-13(7-5-12)20(21)22/h2-9,15-16,19H,10H2,1H3/t15-,16-/m0/s1. The number of benzene rings is 2. The second-order valence-electron chi connectivity index (χ2n) is 5.45. The molecule has 0 amide bonds. The Balaban J connectivity index is 2.20. The minimum Gasteiger partial charge on any atom is -0.258 e. The van der Waals surface area contributed by atoms with Crippen LogP contribution in [0.1, 0.15) is 17.3 Å². The van der Waals surface area contributed by atoms with Gasteiger partial charge in [-0.1, -0.05) is 17.7 Å². The molecule has 0 aromatic heterocycles. The average Bonchev–Trinajstić information content (AvgIpc) is 2.59. The molecule has 0 aliphatic heterocycles. The number of rotatable bonds is 7. The van der Waals surface area contributed by atoms with Gasteiger partial charge in [0.05, 0.1) is 15.9 Å². The van der Waals surface area contributed by atoms with Gasteiger partial charge in [0.2, 0.25) is 10.0 Å². The molecular formula is C16H16F2N2O4S. The summed E-state index contributed by atoms with van der Waals surface area (Å²) < 4.78 is 54.3. The van der Waals surface area contributed by atoms with Crippen molar-refractivity contribution in [3.05, 3.63) is 69.8 Å². The third-order valence-electron chi connectivity index (χ3n) is 3.58. The van der Waals surface area contributed by atoms with E-state index in [-0.39, 0.29) is 16.1 Å². The van der Waals surface area contributed by atoms with Crippen LogP contribution in [-0.2, 0) is 10.0 Å². The third-order valence-corrected chi connectivity index (χ3v) is 5.09. The fraction of sp³-hybridized carbons (Fsp3) is 0.250. The van der Waals surface area contributed by atoms with Gasteiger partial charge in [-0.3, -0.25) is 10.1 Å². The van der Waals surface area contributed by atoms with Crippen molar-refractivity contribution in [1.82, 2.24) is 4.72 Å². The number of sulfonamides is 1. The van der Waals surface area contributed by atoms with E-state index in [9.17, 15) is 27.3 Å². The lowest BCUT2D eigenvalue weighted by atomic mass is 10.0. The number of nitrogens with one attached hydrogen (secondary N) is 1. The molecule has 2 aromatic rings. The number of nitro groups is 1. The van der Waals surface area contributed by atoms with E-state index in [1.165, 1.54) is 12.1 Å². The van der Waals surface area contributed by atoms with E-state index in [4.69, 9.17) is 0 Å². The smallest absolute Gasteiger partial charge is 0.258 e. The molecule has 2 aromatic carbocycles. The van der Waals surface area contributed by atoms with Crippen molar-refractivity contribution in [3.8, 4) is 0 Å². The predicted octanol–water partition coefficient (Wildman–Crippen LogP) is 3.23. The average molecular weight is 370 g/mol. The summed E-state index contributed by atoms with van der Waals surface area (Å²) in [4.78, 5) is 9.85. The number of aryl methyl sites for hydroxylation is 1. The van der Waals surface area contributed by atoms with Crippen LogP contribution >= 0.6 is 0 Å². The lowest BCUT2D eigenvalue weighted by molar-refractivity contribution is -0.384. The number of alkyl halides is 2. The SMILES string of the molecule is Cc1ccc(S(=O)(=O)N[C@@H](CF)[C@@H](F)c2ccc([N+](=O)[O-])cc2)cc1. The zero-order chi connectivity index (χ0) is 18.6. The summed E-state index contributed by atoms with van der Waals surface area (Å²) in [5, 5.41) is 10.6. The predicted molar refractivity (Wildman–Crippen MR) is 88.2 cm³/mol. The molecule has 0 fully saturated rings. The molecule has 0 spiro atoms. The topological polar surface area (TPSA) is 89.3 Å². The Labute approximate surface area is 143 Å². The Morgan fingerprint density at radius 1 is 1.12 bits per heavy atom. The van der Waals surface area contributed by atoms with Crippen LogP contribution < -0.4 is 4.72 Å². The quantitative estimate of drug-likeness (QED) is 0.599. The first-order chi connectivity index (χ1) is 11.7. The molecule has 0 radical (unpaired) electrons. The minimum absolute atomic E-state index is 0.0557. The zero-order valence-corrected chi connectivity index (χ0v) is 14.0. The Kier molecular flexibility index (Phi) is 5.81. The lowest BCUT2D eigenvalue weighted by Crippen LogP contribution is -2.39. The second kappa shape index (κ2) is 7.66. The highest BCUT2D eigenvalue weighted by atomic mass is 32.2. The highest BCUT2D eigenvalue weighted by Crippen LogP contribution is 2.25. The van der Waals surface area contributed by atoms with Crippen LogP contribution in [0.5, 0.6) is 0 Å². The third kappa shape index (κ3) is 4.58. The van der Waals surface area contributed by atoms with E-state index >= 15 is 0 Å². The molecule has 0 aliphatic rings. The van der Waals surface area contributed by atoms with E-state index in [1.54, 1.807) is 19.1 Å². The molecule has 0 bridgehead atoms. The Hall–Kier alpha value is -2.39. The summed E-state index contributed by atoms with van der Waals surface area (Å²) in [5.41, 5.74) is 0.545. The molecule has 0 saturated carbocycles. The molecule has 2 atom stereocenters. The Morgan fingerprint density at radius 2 is 1.68 bits per heavy atom. The van der Waals surface area contributed by atoms with Gasteiger partial charge in [-0.2, -0.15) is 0 Å². The first-order valence-corrected chi connectivity index (χ1v) is 8.76. The van der Waals surface area contributed by atoms with Crippen LogP contribution in [0.3, 0.4) is 0 Å². The molecule has 0 unspecified atom stereocenters. The number of hydrogen-bond acceptors (Lipinski definition) is 4. The zero-order valence-electron chi connectivity index (χ0n) is 13.2. The number of nitro benzene ring substituents is 1. The highest BCUT2D eigenvalue weighted by molar-refractivity contribution is 7.89. The summed E-state index contributed by atoms with van der Waals surface area (Å²) in [6.07, 6.45) is -1.99. The summed E-state index contributed by atoms with van der Waals surface area (Å²) in [7, 11) is -4.10. The largest absolute Gasteiger partial charge is 0.269 e. The van der Waals surface area contributed by atoms with Crippen molar-refractivity contribution >= 4 is 15.7 Å². The van der Waals surface area contributed by atoms with Gasteiger partial charge in [-0.05, 0) is 36.8 Å². The minimum atomic E-state index is -4.10. The van der Waals surface area contributed by atoms with Gasteiger partial charge in [0.1, 0.15) is 12.8 Å². The van der Waals surface area contributed by atoms with E-state index in [1.807, 2.05) is 4.72 Å². The summed E-state index contributed by atoms with van der Waals surface area (Å²) in [6.45, 7) is 0.504. The van der Waals surface area contributed by atoms with Gasteiger partial charge < -0.3 is 0 Å². The first kappa shape index (κ1) is 18.9. The number of hydrogen-bond donors (Lipinski definition) is 1. The monoisotopic (exact) mass is 370 g/mol. The van der Waals surface area contributed by atoms with Crippen molar-refractivity contribution in [1.29, 1.82) is 0 Å². The fourth-order valence-electron chi connectivity index (χ4n) is 2.17. The molecule has 0 aliphatic carbocycles. The van der Waals surface area contributed by atoms with E-state index in [0.717, 1.165) is 29.8 Å². The van der Waals surface area contributed by atoms with E-state index in [0.29, 0.717) is 0 Å². The normalized spacial score (nSPS) is 14.0. The van der Waals surface area contributed by atoms with Crippen LogP contribution in [0.25, 0.3) is 0 Å². The molecule has 1 N–H and O–H groups in total. The van der Waals surface area contributed by atoms with E-state index < -0.39 is 33.8 Å². The van der Waals surface area contributed by atoms with E-state index in [2.05, 4.69) is 0 Å². The molecule has 0 saturated heterocycles. The van der Waals surface area contributed by atoms with Crippen LogP contribution in [-0.4, -0.2) is 26.1 Å². The highest BCUT2D eigenvalue weighted by Gasteiger charge is 2.28. The summed E-state index contributed by atoms with van der Waals surface area (Å²) in [6, 6.07) is 8.59. The fourth-order valence-corrected chi connectivity index (χ4v) is 3.38. The molecule has 25 heavy (non-hydrogen) atoms. The van der Waals surface area contributed by atoms with Gasteiger partial charge in [0.15, 0.2) is 0 Å². The van der Waals surface area contributed by atoms with Crippen LogP contribution in [0.4, 0.5) is 14.5 Å². The molecule has 134 valence electrons. The second-order valence-corrected chi connectivity index (χ2v) is 7.16. The molecule has 0 heterocycles. The molecular weight excluding hydrogens is 354 g/mol. The number of non-ortho nitro benzene ring substituents is 1. The van der Waals surface area contributed by atoms with Crippen molar-refractivity contribution in [2.75, 3.05) is 6.67 Å². The number of nitrogens with zero attached hydrogens (tertiary/aromatic N) is 1. The van der Waals surface area contributed by atoms with Gasteiger partial charge >= 0.3 is 0 Å². The van der Waals surface area contributed by atoms with Crippen LogP contribution in [0.2, 0.25) is 0 Å². The van der Waals surface area contributed by atoms with Gasteiger partial charge in [0.25, 0.3) is 5.69 Å². The summed E-state index contributed by atoms with van der Waals surface area (Å²) in [5.74, 6) is 0. The summed E-state index contributed by atoms with van der Waals surface area (Å²) >= 11 is 0. The lowest BCUT2D eigenvalue weighted by Gasteiger charge is -2.20. The Bertz CT molecular complexity index is 839. The maximum atomic E-state index is 14.5. The number of halogens is 2. The van der Waals surface area contributed by atoms with Crippen molar-refractivity contribution in [2.24, 2.45) is 0 Å². The molecule has 9 heteroatoms. The van der Waals surface area contributed by atoms with Gasteiger partial charge in [-0.25, -0.2) is 21.9 Å². The molecule has 6 nitrogen and oxygen atoms in total. The maximum Gasteiger partial charge on any atom is 0.269 e. The van der Waals surface area contributed by atoms with Gasteiger partial charge in [0, 0.05) is 12.1 Å². The first-order valence-electron chi connectivity index (χ1n) is 7.28. The van der Waals surface area contributed by atoms with Crippen LogP contribution in [0, 0.1) is 17.0 Å². The van der Waals surface area contributed by atoms with Crippen molar-refractivity contribution in [3.63, 3.8) is 0 Å². The maximum absolute atomic E-state index is 14.5. The Morgan fingerprint density at radius 3 is 2.16 bits per heavy atom. The molecule has 2 rings (SSSR count). The van der Waals surface area contributed by atoms with Crippen LogP contribution in [0.15, 0.2) is 53.4 Å². The van der Waals surface area contributed by atoms with Crippen molar-refractivity contribution < 1.29 is 22.1 Å². The van der Waals surface area contributed by atoms with Gasteiger partial charge in [-0.15, -0.1) is 0 Å².